The first kappa shape index (κ1) is 9.04. The van der Waals surface area contributed by atoms with Gasteiger partial charge in [0.15, 0.2) is 0 Å². The average molecular weight is 180 g/mol. The molecule has 1 saturated heterocycles. The third kappa shape index (κ3) is 1.72. The quantitative estimate of drug-likeness (QED) is 0.660. The SMILES string of the molecule is CC1CCCC1N1CCCCC1=N. The van der Waals surface area contributed by atoms with Crippen molar-refractivity contribution in [2.75, 3.05) is 6.54 Å². The van der Waals surface area contributed by atoms with Gasteiger partial charge in [-0.25, -0.2) is 0 Å². The van der Waals surface area contributed by atoms with Gasteiger partial charge in [-0.1, -0.05) is 13.3 Å². The van der Waals surface area contributed by atoms with E-state index >= 15 is 0 Å². The molecule has 0 bridgehead atoms. The van der Waals surface area contributed by atoms with Crippen LogP contribution in [0.3, 0.4) is 0 Å². The predicted molar refractivity (Wildman–Crippen MR) is 55.1 cm³/mol. The maximum absolute atomic E-state index is 7.93. The van der Waals surface area contributed by atoms with Crippen LogP contribution in [0, 0.1) is 11.3 Å². The van der Waals surface area contributed by atoms with Crippen LogP contribution in [0.5, 0.6) is 0 Å². The Labute approximate surface area is 80.8 Å². The number of likely N-dealkylation sites (tertiary alicyclic amines) is 1. The molecule has 2 fully saturated rings. The van der Waals surface area contributed by atoms with Gasteiger partial charge in [0.1, 0.15) is 0 Å². The minimum Gasteiger partial charge on any atom is -0.357 e. The fourth-order valence-electron chi connectivity index (χ4n) is 2.81. The monoisotopic (exact) mass is 180 g/mol. The average Bonchev–Trinajstić information content (AvgIpc) is 2.52. The van der Waals surface area contributed by atoms with Crippen LogP contribution in [-0.4, -0.2) is 23.3 Å². The van der Waals surface area contributed by atoms with Gasteiger partial charge in [-0.05, 0) is 31.6 Å². The Balaban J connectivity index is 2.01. The lowest BCUT2D eigenvalue weighted by Crippen LogP contribution is -2.44. The standard InChI is InChI=1S/C11H20N2/c1-9-5-4-6-10(9)13-8-3-2-7-11(13)12/h9-10,12H,2-8H2,1H3. The van der Waals surface area contributed by atoms with Crippen LogP contribution in [-0.2, 0) is 0 Å². The van der Waals surface area contributed by atoms with Crippen LogP contribution < -0.4 is 0 Å². The minimum atomic E-state index is 0.702. The molecule has 2 atom stereocenters. The van der Waals surface area contributed by atoms with E-state index in [4.69, 9.17) is 5.41 Å². The number of rotatable bonds is 1. The van der Waals surface area contributed by atoms with E-state index in [1.54, 1.807) is 0 Å². The van der Waals surface area contributed by atoms with Crippen LogP contribution in [0.4, 0.5) is 0 Å². The van der Waals surface area contributed by atoms with Crippen molar-refractivity contribution in [1.82, 2.24) is 4.90 Å². The van der Waals surface area contributed by atoms with Crippen molar-refractivity contribution in [3.63, 3.8) is 0 Å². The number of hydrogen-bond donors (Lipinski definition) is 1. The lowest BCUT2D eigenvalue weighted by atomic mass is 10.0. The summed E-state index contributed by atoms with van der Waals surface area (Å²) in [5.74, 6) is 1.73. The van der Waals surface area contributed by atoms with Crippen LogP contribution in [0.1, 0.15) is 45.4 Å². The van der Waals surface area contributed by atoms with Crippen molar-refractivity contribution in [2.45, 2.75) is 51.5 Å². The highest BCUT2D eigenvalue weighted by atomic mass is 15.2. The Morgan fingerprint density at radius 2 is 2.08 bits per heavy atom. The van der Waals surface area contributed by atoms with E-state index in [1.807, 2.05) is 0 Å². The molecule has 1 aliphatic heterocycles. The molecule has 0 radical (unpaired) electrons. The summed E-state index contributed by atoms with van der Waals surface area (Å²) in [7, 11) is 0. The number of amidine groups is 1. The molecule has 1 aliphatic carbocycles. The largest absolute Gasteiger partial charge is 0.357 e. The Bertz CT molecular complexity index is 200. The van der Waals surface area contributed by atoms with E-state index in [2.05, 4.69) is 11.8 Å². The highest BCUT2D eigenvalue weighted by Crippen LogP contribution is 2.31. The number of nitrogens with one attached hydrogen (secondary N) is 1. The van der Waals surface area contributed by atoms with E-state index in [-0.39, 0.29) is 0 Å². The summed E-state index contributed by atoms with van der Waals surface area (Å²) in [6.07, 6.45) is 7.61. The smallest absolute Gasteiger partial charge is 0.0960 e. The minimum absolute atomic E-state index is 0.702. The molecule has 2 heteroatoms. The molecule has 1 N–H and O–H groups in total. The molecule has 1 heterocycles. The van der Waals surface area contributed by atoms with Gasteiger partial charge >= 0.3 is 0 Å². The predicted octanol–water partition coefficient (Wildman–Crippen LogP) is 2.64. The van der Waals surface area contributed by atoms with E-state index < -0.39 is 0 Å². The first-order valence-corrected chi connectivity index (χ1v) is 5.63. The first-order valence-electron chi connectivity index (χ1n) is 5.63. The van der Waals surface area contributed by atoms with Crippen LogP contribution in [0.15, 0.2) is 0 Å². The highest BCUT2D eigenvalue weighted by molar-refractivity contribution is 5.80. The van der Waals surface area contributed by atoms with Crippen LogP contribution in [0.25, 0.3) is 0 Å². The van der Waals surface area contributed by atoms with Gasteiger partial charge in [0, 0.05) is 19.0 Å². The van der Waals surface area contributed by atoms with Crippen molar-refractivity contribution in [3.8, 4) is 0 Å². The summed E-state index contributed by atoms with van der Waals surface area (Å²) in [6, 6.07) is 0.702. The molecule has 0 aromatic carbocycles. The van der Waals surface area contributed by atoms with Crippen molar-refractivity contribution in [3.05, 3.63) is 0 Å². The van der Waals surface area contributed by atoms with Crippen molar-refractivity contribution >= 4 is 5.84 Å². The molecule has 0 aromatic rings. The lowest BCUT2D eigenvalue weighted by Gasteiger charge is -2.37. The van der Waals surface area contributed by atoms with Gasteiger partial charge in [0.05, 0.1) is 5.84 Å². The normalized spacial score (nSPS) is 35.5. The van der Waals surface area contributed by atoms with Gasteiger partial charge in [-0.3, -0.25) is 5.41 Å². The zero-order chi connectivity index (χ0) is 9.26. The second kappa shape index (κ2) is 3.69. The number of piperidine rings is 1. The molecule has 2 unspecified atom stereocenters. The molecular weight excluding hydrogens is 160 g/mol. The Morgan fingerprint density at radius 3 is 2.69 bits per heavy atom. The molecule has 2 aliphatic rings. The Morgan fingerprint density at radius 1 is 1.23 bits per heavy atom. The third-order valence-electron chi connectivity index (χ3n) is 3.63. The molecule has 0 spiro atoms. The van der Waals surface area contributed by atoms with Crippen molar-refractivity contribution in [1.29, 1.82) is 5.41 Å². The number of hydrogen-bond acceptors (Lipinski definition) is 1. The summed E-state index contributed by atoms with van der Waals surface area (Å²) in [4.78, 5) is 2.38. The molecule has 2 rings (SSSR count). The van der Waals surface area contributed by atoms with E-state index in [0.29, 0.717) is 6.04 Å². The van der Waals surface area contributed by atoms with Gasteiger partial charge in [-0.2, -0.15) is 0 Å². The summed E-state index contributed by atoms with van der Waals surface area (Å²) >= 11 is 0. The maximum Gasteiger partial charge on any atom is 0.0960 e. The third-order valence-corrected chi connectivity index (χ3v) is 3.63. The molecule has 0 amide bonds. The summed E-state index contributed by atoms with van der Waals surface area (Å²) in [6.45, 7) is 3.49. The molecule has 74 valence electrons. The Kier molecular flexibility index (Phi) is 2.56. The summed E-state index contributed by atoms with van der Waals surface area (Å²) in [5.41, 5.74) is 0. The molecule has 2 nitrogen and oxygen atoms in total. The van der Waals surface area contributed by atoms with Gasteiger partial charge in [-0.15, -0.1) is 0 Å². The molecule has 13 heavy (non-hydrogen) atoms. The highest BCUT2D eigenvalue weighted by Gasteiger charge is 2.31. The fourth-order valence-corrected chi connectivity index (χ4v) is 2.81. The van der Waals surface area contributed by atoms with E-state index in [9.17, 15) is 0 Å². The lowest BCUT2D eigenvalue weighted by molar-refractivity contribution is 0.240. The van der Waals surface area contributed by atoms with Gasteiger partial charge in [0.2, 0.25) is 0 Å². The number of nitrogens with zero attached hydrogens (tertiary/aromatic N) is 1. The van der Waals surface area contributed by atoms with E-state index in [1.165, 1.54) is 32.1 Å². The second-order valence-electron chi connectivity index (χ2n) is 4.57. The van der Waals surface area contributed by atoms with Crippen molar-refractivity contribution < 1.29 is 0 Å². The zero-order valence-corrected chi connectivity index (χ0v) is 8.55. The van der Waals surface area contributed by atoms with E-state index in [0.717, 1.165) is 24.7 Å². The molecule has 0 aromatic heterocycles. The van der Waals surface area contributed by atoms with Gasteiger partial charge in [0.25, 0.3) is 0 Å². The van der Waals surface area contributed by atoms with Gasteiger partial charge < -0.3 is 4.90 Å². The fraction of sp³-hybridized carbons (Fsp3) is 0.909. The zero-order valence-electron chi connectivity index (χ0n) is 8.55. The van der Waals surface area contributed by atoms with Crippen molar-refractivity contribution in [2.24, 2.45) is 5.92 Å². The van der Waals surface area contributed by atoms with Crippen LogP contribution >= 0.6 is 0 Å². The first-order chi connectivity index (χ1) is 6.29. The summed E-state index contributed by atoms with van der Waals surface area (Å²) in [5, 5.41) is 7.93. The van der Waals surface area contributed by atoms with Crippen LogP contribution in [0.2, 0.25) is 0 Å². The second-order valence-corrected chi connectivity index (χ2v) is 4.57. The molecular formula is C11H20N2. The topological polar surface area (TPSA) is 27.1 Å². The molecule has 1 saturated carbocycles. The maximum atomic E-state index is 7.93. The summed E-state index contributed by atoms with van der Waals surface area (Å²) < 4.78 is 0. The Hall–Kier alpha value is -0.530.